The predicted octanol–water partition coefficient (Wildman–Crippen LogP) is 4.42. The van der Waals surface area contributed by atoms with Gasteiger partial charge in [0.1, 0.15) is 23.2 Å². The standard InChI is InChI=1S/C22H22F2N6O/c1-12(2)11-26-22-27-19(16-8-7-15(31-3)10-17(16)24)18-20(25)30(29-21(18)28-22)14-6-4-5-13(23)9-14/h4-10,12H,11,25H2,1-3H3,(H,26,28,29). The molecule has 0 bridgehead atoms. The number of nitrogens with one attached hydrogen (secondary N) is 1. The van der Waals surface area contributed by atoms with E-state index in [1.165, 1.54) is 30.0 Å². The van der Waals surface area contributed by atoms with Gasteiger partial charge in [-0.1, -0.05) is 19.9 Å². The SMILES string of the molecule is COc1ccc(-c2nc(NCC(C)C)nc3nn(-c4cccc(F)c4)c(N)c23)c(F)c1. The molecule has 0 fully saturated rings. The van der Waals surface area contributed by atoms with Gasteiger partial charge in [0.2, 0.25) is 5.95 Å². The van der Waals surface area contributed by atoms with Crippen LogP contribution in [0.2, 0.25) is 0 Å². The molecule has 0 amide bonds. The summed E-state index contributed by atoms with van der Waals surface area (Å²) in [5.41, 5.74) is 7.58. The van der Waals surface area contributed by atoms with E-state index in [0.29, 0.717) is 35.2 Å². The molecule has 0 aliphatic heterocycles. The van der Waals surface area contributed by atoms with Crippen molar-refractivity contribution in [2.45, 2.75) is 13.8 Å². The number of nitrogen functional groups attached to an aromatic ring is 1. The lowest BCUT2D eigenvalue weighted by Gasteiger charge is -2.11. The maximum absolute atomic E-state index is 14.9. The molecule has 0 saturated carbocycles. The highest BCUT2D eigenvalue weighted by atomic mass is 19.1. The molecule has 160 valence electrons. The monoisotopic (exact) mass is 424 g/mol. The fraction of sp³-hybridized carbons (Fsp3) is 0.227. The molecule has 7 nitrogen and oxygen atoms in total. The van der Waals surface area contributed by atoms with Gasteiger partial charge in [0.05, 0.1) is 23.9 Å². The number of methoxy groups -OCH3 is 1. The lowest BCUT2D eigenvalue weighted by molar-refractivity contribution is 0.411. The molecule has 4 rings (SSSR count). The number of nitrogens with zero attached hydrogens (tertiary/aromatic N) is 4. The molecule has 0 aliphatic rings. The molecule has 3 N–H and O–H groups in total. The van der Waals surface area contributed by atoms with Crippen molar-refractivity contribution < 1.29 is 13.5 Å². The predicted molar refractivity (Wildman–Crippen MR) is 116 cm³/mol. The van der Waals surface area contributed by atoms with E-state index >= 15 is 0 Å². The van der Waals surface area contributed by atoms with Crippen LogP contribution in [0.25, 0.3) is 28.0 Å². The van der Waals surface area contributed by atoms with Gasteiger partial charge in [0.25, 0.3) is 0 Å². The first-order valence-corrected chi connectivity index (χ1v) is 9.77. The number of hydrogen-bond donors (Lipinski definition) is 2. The van der Waals surface area contributed by atoms with Gasteiger partial charge in [0.15, 0.2) is 5.65 Å². The van der Waals surface area contributed by atoms with Gasteiger partial charge in [0, 0.05) is 18.2 Å². The largest absolute Gasteiger partial charge is 0.497 e. The van der Waals surface area contributed by atoms with Crippen LogP contribution in [-0.2, 0) is 0 Å². The molecule has 0 atom stereocenters. The Morgan fingerprint density at radius 2 is 1.94 bits per heavy atom. The topological polar surface area (TPSA) is 90.9 Å². The highest BCUT2D eigenvalue weighted by Gasteiger charge is 2.21. The van der Waals surface area contributed by atoms with Gasteiger partial charge >= 0.3 is 0 Å². The summed E-state index contributed by atoms with van der Waals surface area (Å²) in [5.74, 6) is 0.260. The van der Waals surface area contributed by atoms with Crippen molar-refractivity contribution in [2.24, 2.45) is 5.92 Å². The van der Waals surface area contributed by atoms with Crippen molar-refractivity contribution in [3.8, 4) is 22.7 Å². The number of fused-ring (bicyclic) bond motifs is 1. The zero-order valence-corrected chi connectivity index (χ0v) is 17.4. The average Bonchev–Trinajstić information content (AvgIpc) is 3.08. The summed E-state index contributed by atoms with van der Waals surface area (Å²) in [6.45, 7) is 4.72. The van der Waals surface area contributed by atoms with Crippen LogP contribution in [0.1, 0.15) is 13.8 Å². The maximum Gasteiger partial charge on any atom is 0.225 e. The summed E-state index contributed by atoms with van der Waals surface area (Å²) < 4.78 is 35.2. The van der Waals surface area contributed by atoms with Crippen LogP contribution in [-0.4, -0.2) is 33.4 Å². The van der Waals surface area contributed by atoms with Crippen LogP contribution < -0.4 is 15.8 Å². The van der Waals surface area contributed by atoms with Crippen LogP contribution in [0, 0.1) is 17.6 Å². The lowest BCUT2D eigenvalue weighted by Crippen LogP contribution is -2.11. The number of rotatable bonds is 6. The first-order valence-electron chi connectivity index (χ1n) is 9.77. The summed E-state index contributed by atoms with van der Waals surface area (Å²) in [4.78, 5) is 8.99. The van der Waals surface area contributed by atoms with E-state index < -0.39 is 11.6 Å². The first-order chi connectivity index (χ1) is 14.9. The number of anilines is 2. The Morgan fingerprint density at radius 3 is 2.61 bits per heavy atom. The van der Waals surface area contributed by atoms with Gasteiger partial charge in [-0.05, 0) is 36.2 Å². The number of aromatic nitrogens is 4. The molecular formula is C22H22F2N6O. The van der Waals surface area contributed by atoms with Crippen molar-refractivity contribution >= 4 is 22.8 Å². The van der Waals surface area contributed by atoms with E-state index in [9.17, 15) is 8.78 Å². The van der Waals surface area contributed by atoms with Crippen molar-refractivity contribution in [1.29, 1.82) is 0 Å². The fourth-order valence-corrected chi connectivity index (χ4v) is 3.20. The van der Waals surface area contributed by atoms with Gasteiger partial charge < -0.3 is 15.8 Å². The van der Waals surface area contributed by atoms with Crippen molar-refractivity contribution in [1.82, 2.24) is 19.7 Å². The molecular weight excluding hydrogens is 402 g/mol. The van der Waals surface area contributed by atoms with Crippen LogP contribution in [0.15, 0.2) is 42.5 Å². The van der Waals surface area contributed by atoms with E-state index in [-0.39, 0.29) is 22.7 Å². The lowest BCUT2D eigenvalue weighted by atomic mass is 10.1. The zero-order chi connectivity index (χ0) is 22.1. The third kappa shape index (κ3) is 3.98. The highest BCUT2D eigenvalue weighted by molar-refractivity contribution is 5.99. The second kappa shape index (κ2) is 8.17. The van der Waals surface area contributed by atoms with Crippen molar-refractivity contribution in [3.63, 3.8) is 0 Å². The molecule has 9 heteroatoms. The highest BCUT2D eigenvalue weighted by Crippen LogP contribution is 2.35. The Balaban J connectivity index is 1.95. The quantitative estimate of drug-likeness (QED) is 0.476. The fourth-order valence-electron chi connectivity index (χ4n) is 3.20. The molecule has 31 heavy (non-hydrogen) atoms. The number of hydrogen-bond acceptors (Lipinski definition) is 6. The smallest absolute Gasteiger partial charge is 0.225 e. The van der Waals surface area contributed by atoms with E-state index in [0.717, 1.165) is 0 Å². The van der Waals surface area contributed by atoms with Crippen LogP contribution in [0.3, 0.4) is 0 Å². The Hall–Kier alpha value is -3.75. The van der Waals surface area contributed by atoms with E-state index in [4.69, 9.17) is 10.5 Å². The van der Waals surface area contributed by atoms with Crippen LogP contribution in [0.4, 0.5) is 20.5 Å². The summed E-state index contributed by atoms with van der Waals surface area (Å²) in [7, 11) is 1.46. The van der Waals surface area contributed by atoms with Crippen molar-refractivity contribution in [3.05, 3.63) is 54.1 Å². The summed E-state index contributed by atoms with van der Waals surface area (Å²) >= 11 is 0. The van der Waals surface area contributed by atoms with Gasteiger partial charge in [-0.3, -0.25) is 0 Å². The van der Waals surface area contributed by atoms with Gasteiger partial charge in [-0.15, -0.1) is 5.10 Å². The summed E-state index contributed by atoms with van der Waals surface area (Å²) in [6.07, 6.45) is 0. The first kappa shape index (κ1) is 20.5. The third-order valence-electron chi connectivity index (χ3n) is 4.72. The van der Waals surface area contributed by atoms with E-state index in [1.807, 2.05) is 13.8 Å². The molecule has 0 radical (unpaired) electrons. The van der Waals surface area contributed by atoms with Crippen molar-refractivity contribution in [2.75, 3.05) is 24.7 Å². The minimum Gasteiger partial charge on any atom is -0.497 e. The molecule has 0 spiro atoms. The number of halogens is 2. The molecule has 4 aromatic rings. The molecule has 2 aromatic carbocycles. The second-order valence-electron chi connectivity index (χ2n) is 7.49. The zero-order valence-electron chi connectivity index (χ0n) is 17.4. The Bertz CT molecular complexity index is 1250. The van der Waals surface area contributed by atoms with Crippen LogP contribution >= 0.6 is 0 Å². The molecule has 0 aliphatic carbocycles. The maximum atomic E-state index is 14.9. The summed E-state index contributed by atoms with van der Waals surface area (Å²) in [5, 5.41) is 7.97. The number of ether oxygens (including phenoxy) is 1. The second-order valence-corrected chi connectivity index (χ2v) is 7.49. The van der Waals surface area contributed by atoms with Gasteiger partial charge in [-0.25, -0.2) is 18.4 Å². The normalized spacial score (nSPS) is 11.3. The number of benzene rings is 2. The Labute approximate surface area is 177 Å². The number of nitrogens with two attached hydrogens (primary N) is 1. The van der Waals surface area contributed by atoms with E-state index in [2.05, 4.69) is 20.4 Å². The molecule has 0 unspecified atom stereocenters. The Kier molecular flexibility index (Phi) is 5.41. The minimum absolute atomic E-state index is 0.182. The summed E-state index contributed by atoms with van der Waals surface area (Å²) in [6, 6.07) is 10.3. The minimum atomic E-state index is -0.521. The molecule has 2 heterocycles. The van der Waals surface area contributed by atoms with Crippen LogP contribution in [0.5, 0.6) is 5.75 Å². The third-order valence-corrected chi connectivity index (χ3v) is 4.72. The van der Waals surface area contributed by atoms with Gasteiger partial charge in [-0.2, -0.15) is 4.98 Å². The van der Waals surface area contributed by atoms with E-state index in [1.54, 1.807) is 24.3 Å². The molecule has 0 saturated heterocycles. The Morgan fingerprint density at radius 1 is 1.13 bits per heavy atom. The average molecular weight is 424 g/mol. The molecule has 2 aromatic heterocycles.